The Bertz CT molecular complexity index is 813. The molecule has 132 valence electrons. The van der Waals surface area contributed by atoms with E-state index >= 15 is 0 Å². The number of thioether (sulfide) groups is 1. The van der Waals surface area contributed by atoms with Crippen LogP contribution in [-0.4, -0.2) is 10.1 Å². The highest BCUT2D eigenvalue weighted by Crippen LogP contribution is 2.37. The number of thiophene rings is 1. The zero-order valence-corrected chi connectivity index (χ0v) is 16.1. The maximum Gasteiger partial charge on any atom is 0.259 e. The third-order valence-electron chi connectivity index (χ3n) is 4.43. The Kier molecular flexibility index (Phi) is 5.84. The van der Waals surface area contributed by atoms with Crippen LogP contribution in [0.1, 0.15) is 36.4 Å². The van der Waals surface area contributed by atoms with E-state index in [1.807, 2.05) is 18.2 Å². The molecule has 0 spiro atoms. The minimum atomic E-state index is -0.416. The Morgan fingerprint density at radius 3 is 2.72 bits per heavy atom. The van der Waals surface area contributed by atoms with Crippen molar-refractivity contribution in [3.63, 3.8) is 0 Å². The van der Waals surface area contributed by atoms with Crippen LogP contribution in [0.4, 0.5) is 0 Å². The minimum Gasteiger partial charge on any atom is -0.334 e. The van der Waals surface area contributed by atoms with Crippen molar-refractivity contribution in [3.05, 3.63) is 52.5 Å². The normalized spacial score (nSPS) is 15.9. The first-order valence-electron chi connectivity index (χ1n) is 8.12. The van der Waals surface area contributed by atoms with Crippen LogP contribution < -0.4 is 5.73 Å². The highest BCUT2D eigenvalue weighted by molar-refractivity contribution is 7.98. The summed E-state index contributed by atoms with van der Waals surface area (Å²) in [5, 5.41) is 6.28. The Hall–Kier alpha value is -1.34. The average Bonchev–Trinajstić information content (AvgIpc) is 3.35. The number of rotatable bonds is 5. The Morgan fingerprint density at radius 2 is 1.96 bits per heavy atom. The zero-order valence-electron chi connectivity index (χ0n) is 13.7. The van der Waals surface area contributed by atoms with Gasteiger partial charge >= 0.3 is 0 Å². The minimum absolute atomic E-state index is 0. The van der Waals surface area contributed by atoms with Crippen molar-refractivity contribution in [1.82, 2.24) is 10.1 Å². The van der Waals surface area contributed by atoms with E-state index in [9.17, 15) is 0 Å². The molecule has 0 amide bonds. The first-order chi connectivity index (χ1) is 11.7. The third kappa shape index (κ3) is 3.92. The third-order valence-corrected chi connectivity index (χ3v) is 6.62. The maximum absolute atomic E-state index is 6.44. The number of aromatic nitrogens is 2. The van der Waals surface area contributed by atoms with Crippen LogP contribution in [0.3, 0.4) is 0 Å². The fourth-order valence-electron chi connectivity index (χ4n) is 3.08. The highest BCUT2D eigenvalue weighted by atomic mass is 35.5. The molecular weight excluding hydrogens is 374 g/mol. The van der Waals surface area contributed by atoms with Gasteiger partial charge in [0.15, 0.2) is 5.82 Å². The summed E-state index contributed by atoms with van der Waals surface area (Å²) >= 11 is 3.57. The van der Waals surface area contributed by atoms with Gasteiger partial charge in [-0.1, -0.05) is 36.2 Å². The molecule has 0 aliphatic heterocycles. The van der Waals surface area contributed by atoms with Gasteiger partial charge in [-0.25, -0.2) is 0 Å². The fourth-order valence-corrected chi connectivity index (χ4v) is 4.90. The van der Waals surface area contributed by atoms with E-state index in [1.165, 1.54) is 4.88 Å². The number of hydrogen-bond donors (Lipinski definition) is 1. The molecule has 2 heterocycles. The summed E-state index contributed by atoms with van der Waals surface area (Å²) in [6.45, 7) is 0. The zero-order chi connectivity index (χ0) is 16.4. The summed E-state index contributed by atoms with van der Waals surface area (Å²) in [4.78, 5) is 7.13. The topological polar surface area (TPSA) is 64.9 Å². The molecule has 1 aliphatic rings. The van der Waals surface area contributed by atoms with E-state index < -0.39 is 5.54 Å². The molecule has 0 saturated heterocycles. The van der Waals surface area contributed by atoms with E-state index in [1.54, 1.807) is 23.1 Å². The van der Waals surface area contributed by atoms with Gasteiger partial charge < -0.3 is 10.3 Å². The molecular formula is C18H20ClN3OS2. The smallest absolute Gasteiger partial charge is 0.259 e. The summed E-state index contributed by atoms with van der Waals surface area (Å²) in [5.74, 6) is 2.15. The molecule has 0 radical (unpaired) electrons. The van der Waals surface area contributed by atoms with Gasteiger partial charge in [-0.15, -0.1) is 35.5 Å². The van der Waals surface area contributed by atoms with Crippen molar-refractivity contribution in [1.29, 1.82) is 0 Å². The SMILES string of the molecule is Cl.NC1(c2noc(-c3ccccc3SCc3cccs3)n2)CCCC1. The molecule has 0 unspecified atom stereocenters. The summed E-state index contributed by atoms with van der Waals surface area (Å²) < 4.78 is 5.55. The molecule has 7 heteroatoms. The monoisotopic (exact) mass is 393 g/mol. The van der Waals surface area contributed by atoms with Crippen molar-refractivity contribution in [3.8, 4) is 11.5 Å². The van der Waals surface area contributed by atoms with Gasteiger partial charge in [0.05, 0.1) is 11.1 Å². The molecule has 4 rings (SSSR count). The van der Waals surface area contributed by atoms with Crippen molar-refractivity contribution >= 4 is 35.5 Å². The van der Waals surface area contributed by atoms with Crippen LogP contribution in [0.2, 0.25) is 0 Å². The van der Waals surface area contributed by atoms with Crippen molar-refractivity contribution in [2.75, 3.05) is 0 Å². The number of hydrogen-bond acceptors (Lipinski definition) is 6. The fraction of sp³-hybridized carbons (Fsp3) is 0.333. The van der Waals surface area contributed by atoms with Crippen molar-refractivity contribution in [2.45, 2.75) is 41.9 Å². The van der Waals surface area contributed by atoms with E-state index in [2.05, 4.69) is 33.7 Å². The van der Waals surface area contributed by atoms with Crippen LogP contribution in [0.25, 0.3) is 11.5 Å². The van der Waals surface area contributed by atoms with Crippen molar-refractivity contribution < 1.29 is 4.52 Å². The maximum atomic E-state index is 6.44. The second kappa shape index (κ2) is 7.91. The lowest BCUT2D eigenvalue weighted by atomic mass is 9.99. The standard InChI is InChI=1S/C18H19N3OS2.ClH/c19-18(9-3-4-10-18)17-20-16(22-21-17)14-7-1-2-8-15(14)24-12-13-6-5-11-23-13;/h1-2,5-8,11H,3-4,9-10,12,19H2;1H. The largest absolute Gasteiger partial charge is 0.334 e. The van der Waals surface area contributed by atoms with Crippen LogP contribution in [0, 0.1) is 0 Å². The molecule has 1 fully saturated rings. The van der Waals surface area contributed by atoms with E-state index in [0.717, 1.165) is 41.9 Å². The summed E-state index contributed by atoms with van der Waals surface area (Å²) in [7, 11) is 0. The second-order valence-electron chi connectivity index (χ2n) is 6.15. The first-order valence-corrected chi connectivity index (χ1v) is 9.99. The van der Waals surface area contributed by atoms with E-state index in [-0.39, 0.29) is 12.4 Å². The number of halogens is 1. The van der Waals surface area contributed by atoms with Gasteiger partial charge in [0.25, 0.3) is 5.89 Å². The van der Waals surface area contributed by atoms with Gasteiger partial charge in [-0.3, -0.25) is 0 Å². The number of nitrogens with two attached hydrogens (primary N) is 1. The van der Waals surface area contributed by atoms with Gasteiger partial charge in [-0.05, 0) is 36.4 Å². The average molecular weight is 394 g/mol. The molecule has 4 nitrogen and oxygen atoms in total. The molecule has 1 aromatic carbocycles. The van der Waals surface area contributed by atoms with Gasteiger partial charge in [0.2, 0.25) is 0 Å². The molecule has 2 aromatic heterocycles. The molecule has 3 aromatic rings. The lowest BCUT2D eigenvalue weighted by molar-refractivity contribution is 0.372. The Balaban J connectivity index is 0.00000182. The van der Waals surface area contributed by atoms with Crippen LogP contribution >= 0.6 is 35.5 Å². The van der Waals surface area contributed by atoms with Gasteiger partial charge in [0.1, 0.15) is 0 Å². The first kappa shape index (κ1) is 18.5. The number of benzene rings is 1. The second-order valence-corrected chi connectivity index (χ2v) is 8.20. The summed E-state index contributed by atoms with van der Waals surface area (Å²) in [5.41, 5.74) is 7.01. The lowest BCUT2D eigenvalue weighted by Gasteiger charge is -2.17. The predicted octanol–water partition coefficient (Wildman–Crippen LogP) is 5.24. The lowest BCUT2D eigenvalue weighted by Crippen LogP contribution is -2.34. The molecule has 2 N–H and O–H groups in total. The Morgan fingerprint density at radius 1 is 1.16 bits per heavy atom. The number of nitrogens with zero attached hydrogens (tertiary/aromatic N) is 2. The summed E-state index contributed by atoms with van der Waals surface area (Å²) in [6.07, 6.45) is 4.13. The van der Waals surface area contributed by atoms with Gasteiger partial charge in [-0.2, -0.15) is 4.98 Å². The van der Waals surface area contributed by atoms with Gasteiger partial charge in [0, 0.05) is 15.5 Å². The van der Waals surface area contributed by atoms with E-state index in [0.29, 0.717) is 11.7 Å². The van der Waals surface area contributed by atoms with Crippen molar-refractivity contribution in [2.24, 2.45) is 5.73 Å². The van der Waals surface area contributed by atoms with E-state index in [4.69, 9.17) is 10.3 Å². The molecule has 0 bridgehead atoms. The quantitative estimate of drug-likeness (QED) is 0.600. The highest BCUT2D eigenvalue weighted by Gasteiger charge is 2.36. The van der Waals surface area contributed by atoms with Crippen LogP contribution in [-0.2, 0) is 11.3 Å². The summed E-state index contributed by atoms with van der Waals surface area (Å²) in [6, 6.07) is 12.4. The molecule has 1 aliphatic carbocycles. The predicted molar refractivity (Wildman–Crippen MR) is 105 cm³/mol. The Labute approximate surface area is 161 Å². The molecule has 25 heavy (non-hydrogen) atoms. The molecule has 1 saturated carbocycles. The molecule has 0 atom stereocenters. The van der Waals surface area contributed by atoms with Crippen LogP contribution in [0.5, 0.6) is 0 Å². The van der Waals surface area contributed by atoms with Crippen LogP contribution in [0.15, 0.2) is 51.2 Å².